The summed E-state index contributed by atoms with van der Waals surface area (Å²) in [5.74, 6) is 1.96. The van der Waals surface area contributed by atoms with Gasteiger partial charge in [-0.15, -0.1) is 25.7 Å². The van der Waals surface area contributed by atoms with Crippen molar-refractivity contribution in [1.29, 1.82) is 0 Å². The van der Waals surface area contributed by atoms with E-state index in [1.165, 1.54) is 5.57 Å². The van der Waals surface area contributed by atoms with E-state index in [2.05, 4.69) is 84.1 Å². The molecule has 161 valence electrons. The van der Waals surface area contributed by atoms with Gasteiger partial charge in [0.1, 0.15) is 0 Å². The average Bonchev–Trinajstić information content (AvgIpc) is 3.52. The van der Waals surface area contributed by atoms with Crippen LogP contribution in [0, 0.1) is 119 Å². The maximum atomic E-state index is 3.56. The molecule has 0 aromatic carbocycles. The molecule has 0 heterocycles. The first kappa shape index (κ1) is 33.7. The summed E-state index contributed by atoms with van der Waals surface area (Å²) in [6.07, 6.45) is 34.6. The number of hydrogen-bond donors (Lipinski definition) is 0. The Balaban J connectivity index is 0. The molecule has 0 fully saturated rings. The Kier molecular flexibility index (Phi) is 22.8. The van der Waals surface area contributed by atoms with Crippen LogP contribution in [0.4, 0.5) is 0 Å². The predicted octanol–water partition coefficient (Wildman–Crippen LogP) is 8.30. The van der Waals surface area contributed by atoms with Gasteiger partial charge in [0.15, 0.2) is 0 Å². The summed E-state index contributed by atoms with van der Waals surface area (Å²) in [5, 5.41) is 0. The van der Waals surface area contributed by atoms with Gasteiger partial charge in [-0.3, -0.25) is 24.3 Å². The first-order chi connectivity index (χ1) is 13.9. The topological polar surface area (TPSA) is 0 Å². The third kappa shape index (κ3) is 15.1. The van der Waals surface area contributed by atoms with Crippen LogP contribution in [-0.2, 0) is 0 Å². The molecule has 31 heavy (non-hydrogen) atoms. The summed E-state index contributed by atoms with van der Waals surface area (Å²) >= 11 is 0. The van der Waals surface area contributed by atoms with Crippen molar-refractivity contribution in [2.75, 3.05) is 0 Å². The van der Waals surface area contributed by atoms with Gasteiger partial charge in [-0.1, -0.05) is 53.4 Å². The summed E-state index contributed by atoms with van der Waals surface area (Å²) in [6.45, 7) is 13.7. The minimum Gasteiger partial charge on any atom is -0.273 e. The Morgan fingerprint density at radius 3 is 1.26 bits per heavy atom. The van der Waals surface area contributed by atoms with E-state index in [-0.39, 0.29) is 76.9 Å². The van der Waals surface area contributed by atoms with Crippen LogP contribution in [0.2, 0.25) is 0 Å². The van der Waals surface area contributed by atoms with E-state index >= 15 is 0 Å². The normalized spacial score (nSPS) is 16.5. The third-order valence-corrected chi connectivity index (χ3v) is 4.71. The minimum atomic E-state index is 0. The van der Waals surface area contributed by atoms with E-state index in [0.717, 1.165) is 25.7 Å². The van der Waals surface area contributed by atoms with E-state index < -0.39 is 0 Å². The predicted molar refractivity (Wildman–Crippen MR) is 128 cm³/mol. The second kappa shape index (κ2) is 21.0. The van der Waals surface area contributed by atoms with Crippen molar-refractivity contribution in [2.45, 2.75) is 67.2 Å². The van der Waals surface area contributed by atoms with Gasteiger partial charge in [-0.25, -0.2) is 42.0 Å². The Morgan fingerprint density at radius 1 is 0.645 bits per heavy atom. The Morgan fingerprint density at radius 2 is 1.06 bits per heavy atom. The average molecular weight is 666 g/mol. The zero-order valence-corrected chi connectivity index (χ0v) is 27.7. The molecule has 2 heteroatoms. The van der Waals surface area contributed by atoms with Crippen molar-refractivity contribution in [2.24, 2.45) is 17.8 Å². The van der Waals surface area contributed by atoms with Crippen molar-refractivity contribution in [1.82, 2.24) is 0 Å². The second-order valence-electron chi connectivity index (χ2n) is 8.18. The van der Waals surface area contributed by atoms with Crippen LogP contribution in [0.1, 0.15) is 67.2 Å². The van der Waals surface area contributed by atoms with Crippen LogP contribution in [0.3, 0.4) is 0 Å². The molecule has 0 aromatic rings. The molecule has 4 rings (SSSR count). The maximum Gasteiger partial charge on any atom is 3.00 e. The molecule has 1 radical (unpaired) electrons. The summed E-state index contributed by atoms with van der Waals surface area (Å²) in [5.41, 5.74) is 4.68. The van der Waals surface area contributed by atoms with Gasteiger partial charge >= 0.3 is 41.3 Å². The smallest absolute Gasteiger partial charge is 0.273 e. The molecule has 0 atom stereocenters. The SMILES string of the molecule is CC(C)C1=[C-]CC(C(C)C)=C1C(C)C.[C-]1=CC=CC1.[C-]1=CC=CC1.[C-]1=CC=CC1.[La].[Pr+3]. The molecule has 0 aliphatic heterocycles. The van der Waals surface area contributed by atoms with E-state index in [0.29, 0.717) is 17.8 Å². The van der Waals surface area contributed by atoms with Crippen LogP contribution in [-0.4, -0.2) is 0 Å². The molecule has 0 saturated heterocycles. The van der Waals surface area contributed by atoms with Crippen molar-refractivity contribution in [3.05, 3.63) is 95.7 Å². The summed E-state index contributed by atoms with van der Waals surface area (Å²) in [4.78, 5) is 0. The van der Waals surface area contributed by atoms with E-state index in [4.69, 9.17) is 0 Å². The van der Waals surface area contributed by atoms with Crippen molar-refractivity contribution in [3.8, 4) is 0 Å². The standard InChI is InChI=1S/C14H23.3C5H5.La.Pr/c1-9(2)12-7-8-13(10(3)4)14(12)11(5)6;3*1-2-4-5-3-1;;/h9-11H,7H2,1-6H3;3*1-3H,4H2;;/q4*-1;;+3. The molecule has 0 spiro atoms. The first-order valence-electron chi connectivity index (χ1n) is 10.9. The molecule has 0 nitrogen and oxygen atoms in total. The quantitative estimate of drug-likeness (QED) is 0.266. The Hall–Kier alpha value is 0.478. The van der Waals surface area contributed by atoms with Gasteiger partial charge in [0.05, 0.1) is 0 Å². The molecule has 0 saturated carbocycles. The van der Waals surface area contributed by atoms with Crippen molar-refractivity contribution in [3.63, 3.8) is 0 Å². The van der Waals surface area contributed by atoms with Crippen molar-refractivity contribution < 1.29 is 76.9 Å². The minimum absolute atomic E-state index is 0. The number of rotatable bonds is 3. The Bertz CT molecular complexity index is 625. The van der Waals surface area contributed by atoms with Gasteiger partial charge in [0.2, 0.25) is 0 Å². The molecule has 0 bridgehead atoms. The van der Waals surface area contributed by atoms with E-state index in [1.54, 1.807) is 11.1 Å². The van der Waals surface area contributed by atoms with Crippen LogP contribution < -0.4 is 0 Å². The van der Waals surface area contributed by atoms with E-state index in [1.807, 2.05) is 36.5 Å². The second-order valence-corrected chi connectivity index (χ2v) is 8.18. The molecule has 0 amide bonds. The fourth-order valence-corrected chi connectivity index (χ4v) is 3.29. The maximum absolute atomic E-state index is 3.56. The van der Waals surface area contributed by atoms with Gasteiger partial charge < -0.3 is 0 Å². The Labute approximate surface area is 254 Å². The molecular formula is C29H38LaPr-. The molecule has 0 N–H and O–H groups in total. The molecule has 0 unspecified atom stereocenters. The molecule has 4 aliphatic rings. The first-order valence-corrected chi connectivity index (χ1v) is 10.9. The van der Waals surface area contributed by atoms with Gasteiger partial charge in [0.25, 0.3) is 0 Å². The van der Waals surface area contributed by atoms with Gasteiger partial charge in [-0.2, -0.15) is 29.4 Å². The van der Waals surface area contributed by atoms with Crippen LogP contribution >= 0.6 is 0 Å². The van der Waals surface area contributed by atoms with Crippen LogP contribution in [0.25, 0.3) is 0 Å². The van der Waals surface area contributed by atoms with Gasteiger partial charge in [-0.05, 0) is 5.92 Å². The summed E-state index contributed by atoms with van der Waals surface area (Å²) < 4.78 is 0. The number of hydrogen-bond acceptors (Lipinski definition) is 0. The largest absolute Gasteiger partial charge is 3.00 e. The number of allylic oxidation sites excluding steroid dienone is 16. The summed E-state index contributed by atoms with van der Waals surface area (Å²) in [7, 11) is 0. The fraction of sp³-hybridized carbons (Fsp3) is 0.448. The summed E-state index contributed by atoms with van der Waals surface area (Å²) in [6, 6.07) is 0. The third-order valence-electron chi connectivity index (χ3n) is 4.71. The molecule has 0 aromatic heterocycles. The zero-order chi connectivity index (χ0) is 21.5. The van der Waals surface area contributed by atoms with Crippen LogP contribution in [0.15, 0.2) is 71.4 Å². The zero-order valence-electron chi connectivity index (χ0n) is 20.4. The van der Waals surface area contributed by atoms with Crippen molar-refractivity contribution >= 4 is 0 Å². The molecule has 4 aliphatic carbocycles. The van der Waals surface area contributed by atoms with Gasteiger partial charge in [0, 0.05) is 35.6 Å². The fourth-order valence-electron chi connectivity index (χ4n) is 3.29. The monoisotopic (exact) mass is 666 g/mol. The van der Waals surface area contributed by atoms with Crippen LogP contribution in [0.5, 0.6) is 0 Å². The molecular weight excluding hydrogens is 628 g/mol. The van der Waals surface area contributed by atoms with E-state index in [9.17, 15) is 0 Å².